The van der Waals surface area contributed by atoms with Gasteiger partial charge in [0.05, 0.1) is 25.2 Å². The summed E-state index contributed by atoms with van der Waals surface area (Å²) in [6.07, 6.45) is 3.10. The number of pyridine rings is 1. The summed E-state index contributed by atoms with van der Waals surface area (Å²) >= 11 is 3.29. The molecule has 0 aliphatic heterocycles. The average Bonchev–Trinajstić information content (AvgIpc) is 2.49. The lowest BCUT2D eigenvalue weighted by atomic mass is 10.1. The number of halogens is 1. The van der Waals surface area contributed by atoms with Crippen LogP contribution in [-0.2, 0) is 14.3 Å². The van der Waals surface area contributed by atoms with Gasteiger partial charge in [0.15, 0.2) is 0 Å². The van der Waals surface area contributed by atoms with Crippen LogP contribution in [0.3, 0.4) is 0 Å². The van der Waals surface area contributed by atoms with Gasteiger partial charge < -0.3 is 14.4 Å². The maximum Gasteiger partial charge on any atom is 0.310 e. The van der Waals surface area contributed by atoms with E-state index in [2.05, 4.69) is 20.9 Å². The van der Waals surface area contributed by atoms with E-state index in [9.17, 15) is 9.59 Å². The zero-order valence-corrected chi connectivity index (χ0v) is 13.9. The molecule has 0 aliphatic rings. The number of rotatable bonds is 7. The predicted molar refractivity (Wildman–Crippen MR) is 80.9 cm³/mol. The fourth-order valence-electron chi connectivity index (χ4n) is 1.79. The Kier molecular flexibility index (Phi) is 7.31. The van der Waals surface area contributed by atoms with Crippen LogP contribution in [0.4, 0.5) is 0 Å². The molecule has 1 aromatic heterocycles. The molecule has 1 atom stereocenters. The predicted octanol–water partition coefficient (Wildman–Crippen LogP) is 1.74. The molecule has 1 unspecified atom stereocenters. The average molecular weight is 359 g/mol. The van der Waals surface area contributed by atoms with E-state index in [0.717, 1.165) is 4.47 Å². The van der Waals surface area contributed by atoms with Crippen LogP contribution in [0, 0.1) is 5.92 Å². The minimum absolute atomic E-state index is 0.198. The Bertz CT molecular complexity index is 496. The molecule has 1 heterocycles. The SMILES string of the molecule is COCCN(CC(C)C(=O)OC)C(=O)c1cncc(Br)c1. The summed E-state index contributed by atoms with van der Waals surface area (Å²) < 4.78 is 10.4. The summed E-state index contributed by atoms with van der Waals surface area (Å²) in [6, 6.07) is 1.69. The first-order chi connectivity index (χ1) is 9.99. The number of methoxy groups -OCH3 is 2. The van der Waals surface area contributed by atoms with Crippen LogP contribution in [0.25, 0.3) is 0 Å². The monoisotopic (exact) mass is 358 g/mol. The highest BCUT2D eigenvalue weighted by molar-refractivity contribution is 9.10. The zero-order valence-electron chi connectivity index (χ0n) is 12.3. The largest absolute Gasteiger partial charge is 0.469 e. The molecular formula is C14H19BrN2O4. The Labute approximate surface area is 132 Å². The van der Waals surface area contributed by atoms with Crippen LogP contribution in [0.15, 0.2) is 22.9 Å². The van der Waals surface area contributed by atoms with E-state index in [-0.39, 0.29) is 18.4 Å². The van der Waals surface area contributed by atoms with Gasteiger partial charge >= 0.3 is 5.97 Å². The number of nitrogens with zero attached hydrogens (tertiary/aromatic N) is 2. The first kappa shape index (κ1) is 17.6. The molecule has 1 amide bonds. The van der Waals surface area contributed by atoms with Crippen LogP contribution < -0.4 is 0 Å². The standard InChI is InChI=1S/C14H19BrN2O4/c1-10(14(19)21-3)9-17(4-5-20-2)13(18)11-6-12(15)8-16-7-11/h6-8,10H,4-5,9H2,1-3H3. The van der Waals surface area contributed by atoms with Gasteiger partial charge in [-0.05, 0) is 22.0 Å². The third kappa shape index (κ3) is 5.43. The van der Waals surface area contributed by atoms with Crippen molar-refractivity contribution in [3.8, 4) is 0 Å². The smallest absolute Gasteiger partial charge is 0.310 e. The Morgan fingerprint density at radius 3 is 2.67 bits per heavy atom. The van der Waals surface area contributed by atoms with Gasteiger partial charge in [-0.1, -0.05) is 6.92 Å². The highest BCUT2D eigenvalue weighted by atomic mass is 79.9. The first-order valence-electron chi connectivity index (χ1n) is 6.46. The number of amides is 1. The molecule has 0 bridgehead atoms. The van der Waals surface area contributed by atoms with E-state index in [4.69, 9.17) is 9.47 Å². The van der Waals surface area contributed by atoms with Gasteiger partial charge in [-0.2, -0.15) is 0 Å². The van der Waals surface area contributed by atoms with Crippen molar-refractivity contribution in [2.75, 3.05) is 33.9 Å². The molecule has 0 spiro atoms. The van der Waals surface area contributed by atoms with Gasteiger partial charge in [-0.25, -0.2) is 0 Å². The number of carbonyl (C=O) groups excluding carboxylic acids is 2. The quantitative estimate of drug-likeness (QED) is 0.694. The number of aromatic nitrogens is 1. The molecule has 0 N–H and O–H groups in total. The van der Waals surface area contributed by atoms with Crippen molar-refractivity contribution in [3.63, 3.8) is 0 Å². The molecule has 116 valence electrons. The number of hydrogen-bond acceptors (Lipinski definition) is 5. The molecule has 0 fully saturated rings. The maximum absolute atomic E-state index is 12.5. The summed E-state index contributed by atoms with van der Waals surface area (Å²) in [6.45, 7) is 2.77. The van der Waals surface area contributed by atoms with Crippen molar-refractivity contribution >= 4 is 27.8 Å². The van der Waals surface area contributed by atoms with Crippen molar-refractivity contribution in [2.45, 2.75) is 6.92 Å². The number of esters is 1. The molecular weight excluding hydrogens is 340 g/mol. The fourth-order valence-corrected chi connectivity index (χ4v) is 2.16. The molecule has 0 saturated heterocycles. The van der Waals surface area contributed by atoms with Gasteiger partial charge in [0, 0.05) is 37.1 Å². The molecule has 1 aromatic rings. The number of hydrogen-bond donors (Lipinski definition) is 0. The zero-order chi connectivity index (χ0) is 15.8. The minimum atomic E-state index is -0.407. The Morgan fingerprint density at radius 1 is 1.38 bits per heavy atom. The molecule has 0 aromatic carbocycles. The van der Waals surface area contributed by atoms with Gasteiger partial charge in [-0.15, -0.1) is 0 Å². The van der Waals surface area contributed by atoms with E-state index in [1.165, 1.54) is 13.3 Å². The molecule has 0 saturated carbocycles. The van der Waals surface area contributed by atoms with Crippen molar-refractivity contribution in [2.24, 2.45) is 5.92 Å². The molecule has 6 nitrogen and oxygen atoms in total. The van der Waals surface area contributed by atoms with Gasteiger partial charge in [0.25, 0.3) is 5.91 Å². The Balaban J connectivity index is 2.85. The van der Waals surface area contributed by atoms with Crippen LogP contribution in [0.5, 0.6) is 0 Å². The second-order valence-corrected chi connectivity index (χ2v) is 5.48. The summed E-state index contributed by atoms with van der Waals surface area (Å²) in [5, 5.41) is 0. The molecule has 0 radical (unpaired) electrons. The van der Waals surface area contributed by atoms with Crippen molar-refractivity contribution in [1.82, 2.24) is 9.88 Å². The fraction of sp³-hybridized carbons (Fsp3) is 0.500. The van der Waals surface area contributed by atoms with E-state index >= 15 is 0 Å². The lowest BCUT2D eigenvalue weighted by molar-refractivity contribution is -0.145. The highest BCUT2D eigenvalue weighted by Crippen LogP contribution is 2.13. The second-order valence-electron chi connectivity index (χ2n) is 4.56. The van der Waals surface area contributed by atoms with Gasteiger partial charge in [0.2, 0.25) is 0 Å². The molecule has 0 aliphatic carbocycles. The Morgan fingerprint density at radius 2 is 2.10 bits per heavy atom. The van der Waals surface area contributed by atoms with E-state index in [1.54, 1.807) is 31.2 Å². The van der Waals surface area contributed by atoms with E-state index in [1.807, 2.05) is 0 Å². The lowest BCUT2D eigenvalue weighted by Gasteiger charge is -2.24. The van der Waals surface area contributed by atoms with Gasteiger partial charge in [-0.3, -0.25) is 14.6 Å². The Hall–Kier alpha value is -1.47. The highest BCUT2D eigenvalue weighted by Gasteiger charge is 2.22. The number of carbonyl (C=O) groups is 2. The van der Waals surface area contributed by atoms with Crippen LogP contribution >= 0.6 is 15.9 Å². The summed E-state index contributed by atoms with van der Waals surface area (Å²) in [5.74, 6) is -0.954. The molecule has 7 heteroatoms. The molecule has 21 heavy (non-hydrogen) atoms. The third-order valence-corrected chi connectivity index (χ3v) is 3.34. The third-order valence-electron chi connectivity index (χ3n) is 2.90. The van der Waals surface area contributed by atoms with Crippen molar-refractivity contribution < 1.29 is 19.1 Å². The summed E-state index contributed by atoms with van der Waals surface area (Å²) in [5.41, 5.74) is 0.456. The summed E-state index contributed by atoms with van der Waals surface area (Å²) in [7, 11) is 2.89. The molecule has 1 rings (SSSR count). The normalized spacial score (nSPS) is 11.8. The van der Waals surface area contributed by atoms with Crippen molar-refractivity contribution in [1.29, 1.82) is 0 Å². The van der Waals surface area contributed by atoms with E-state index in [0.29, 0.717) is 18.7 Å². The van der Waals surface area contributed by atoms with Crippen LogP contribution in [0.1, 0.15) is 17.3 Å². The number of ether oxygens (including phenoxy) is 2. The van der Waals surface area contributed by atoms with E-state index < -0.39 is 5.92 Å². The van der Waals surface area contributed by atoms with Gasteiger partial charge in [0.1, 0.15) is 0 Å². The van der Waals surface area contributed by atoms with Crippen LogP contribution in [-0.4, -0.2) is 55.7 Å². The minimum Gasteiger partial charge on any atom is -0.469 e. The first-order valence-corrected chi connectivity index (χ1v) is 7.25. The summed E-state index contributed by atoms with van der Waals surface area (Å²) in [4.78, 5) is 29.6. The van der Waals surface area contributed by atoms with Crippen LogP contribution in [0.2, 0.25) is 0 Å². The lowest BCUT2D eigenvalue weighted by Crippen LogP contribution is -2.39. The maximum atomic E-state index is 12.5. The topological polar surface area (TPSA) is 68.7 Å². The van der Waals surface area contributed by atoms with Crippen molar-refractivity contribution in [3.05, 3.63) is 28.5 Å². The second kappa shape index (κ2) is 8.74.